The van der Waals surface area contributed by atoms with Gasteiger partial charge in [-0.2, -0.15) is 0 Å². The van der Waals surface area contributed by atoms with Crippen LogP contribution in [0.4, 0.5) is 0 Å². The Morgan fingerprint density at radius 3 is 2.75 bits per heavy atom. The minimum absolute atomic E-state index is 0.367. The average Bonchev–Trinajstić information content (AvgIpc) is 2.17. The highest BCUT2D eigenvalue weighted by Crippen LogP contribution is 2.15. The van der Waals surface area contributed by atoms with E-state index in [0.29, 0.717) is 11.7 Å². The summed E-state index contributed by atoms with van der Waals surface area (Å²) in [6, 6.07) is 7.57. The van der Waals surface area contributed by atoms with Crippen LogP contribution >= 0.6 is 0 Å². The second kappa shape index (κ2) is 6.54. The minimum Gasteiger partial charge on any atom is -0.508 e. The summed E-state index contributed by atoms with van der Waals surface area (Å²) >= 11 is 0. The van der Waals surface area contributed by atoms with Crippen molar-refractivity contribution in [2.45, 2.75) is 26.7 Å². The molecule has 0 aliphatic heterocycles. The normalized spacial score (nSPS) is 13.0. The molecule has 0 unspecified atom stereocenters. The lowest BCUT2D eigenvalue weighted by Crippen LogP contribution is -2.26. The van der Waals surface area contributed by atoms with Gasteiger partial charge in [0.25, 0.3) is 0 Å². The molecule has 1 aromatic rings. The largest absolute Gasteiger partial charge is 0.508 e. The van der Waals surface area contributed by atoms with Crippen LogP contribution in [0, 0.1) is 5.92 Å². The fourth-order valence-electron chi connectivity index (χ4n) is 2.16. The van der Waals surface area contributed by atoms with Gasteiger partial charge in [0.15, 0.2) is 0 Å². The SMILES string of the molecule is CCCN(C)C[C@H](C)Cc1cccc(O)c1. The lowest BCUT2D eigenvalue weighted by atomic mass is 10.0. The summed E-state index contributed by atoms with van der Waals surface area (Å²) in [7, 11) is 2.17. The smallest absolute Gasteiger partial charge is 0.115 e. The highest BCUT2D eigenvalue weighted by atomic mass is 16.3. The Bertz CT molecular complexity index is 311. The van der Waals surface area contributed by atoms with Crippen LogP contribution < -0.4 is 0 Å². The fraction of sp³-hybridized carbons (Fsp3) is 0.571. The Morgan fingerprint density at radius 1 is 1.38 bits per heavy atom. The average molecular weight is 221 g/mol. The third-order valence-electron chi connectivity index (χ3n) is 2.72. The summed E-state index contributed by atoms with van der Waals surface area (Å²) < 4.78 is 0. The maximum absolute atomic E-state index is 9.38. The standard InChI is InChI=1S/C14H23NO/c1-4-8-15(3)11-12(2)9-13-6-5-7-14(16)10-13/h5-7,10,12,16H,4,8-9,11H2,1-3H3/t12-/m1/s1. The Balaban J connectivity index is 2.42. The van der Waals surface area contributed by atoms with E-state index < -0.39 is 0 Å². The van der Waals surface area contributed by atoms with E-state index in [9.17, 15) is 5.11 Å². The Morgan fingerprint density at radius 2 is 2.12 bits per heavy atom. The third kappa shape index (κ3) is 4.67. The molecule has 0 aromatic heterocycles. The number of rotatable bonds is 6. The lowest BCUT2D eigenvalue weighted by Gasteiger charge is -2.20. The van der Waals surface area contributed by atoms with E-state index in [-0.39, 0.29) is 0 Å². The van der Waals surface area contributed by atoms with Crippen molar-refractivity contribution in [2.75, 3.05) is 20.1 Å². The quantitative estimate of drug-likeness (QED) is 0.798. The van der Waals surface area contributed by atoms with Gasteiger partial charge in [0.1, 0.15) is 5.75 Å². The van der Waals surface area contributed by atoms with Crippen LogP contribution in [0.1, 0.15) is 25.8 Å². The van der Waals surface area contributed by atoms with E-state index in [1.54, 1.807) is 6.07 Å². The zero-order valence-corrected chi connectivity index (χ0v) is 10.6. The van der Waals surface area contributed by atoms with Crippen molar-refractivity contribution in [3.8, 4) is 5.75 Å². The van der Waals surface area contributed by atoms with Crippen molar-refractivity contribution in [1.82, 2.24) is 4.90 Å². The predicted molar refractivity (Wildman–Crippen MR) is 68.8 cm³/mol. The highest BCUT2D eigenvalue weighted by molar-refractivity contribution is 5.27. The van der Waals surface area contributed by atoms with Gasteiger partial charge in [-0.3, -0.25) is 0 Å². The molecule has 0 aliphatic rings. The number of hydrogen-bond donors (Lipinski definition) is 1. The molecule has 90 valence electrons. The minimum atomic E-state index is 0.367. The second-order valence-electron chi connectivity index (χ2n) is 4.74. The van der Waals surface area contributed by atoms with Crippen LogP contribution in [0.5, 0.6) is 5.75 Å². The lowest BCUT2D eigenvalue weighted by molar-refractivity contribution is 0.285. The van der Waals surface area contributed by atoms with Crippen molar-refractivity contribution in [1.29, 1.82) is 0 Å². The molecule has 0 spiro atoms. The van der Waals surface area contributed by atoms with Crippen molar-refractivity contribution >= 4 is 0 Å². The third-order valence-corrected chi connectivity index (χ3v) is 2.72. The molecule has 0 saturated heterocycles. The number of phenolic OH excluding ortho intramolecular Hbond substituents is 1. The van der Waals surface area contributed by atoms with Gasteiger partial charge >= 0.3 is 0 Å². The first-order valence-corrected chi connectivity index (χ1v) is 6.08. The first-order valence-electron chi connectivity index (χ1n) is 6.08. The summed E-state index contributed by atoms with van der Waals surface area (Å²) in [4.78, 5) is 2.37. The number of hydrogen-bond acceptors (Lipinski definition) is 2. The molecule has 0 aliphatic carbocycles. The van der Waals surface area contributed by atoms with Crippen LogP contribution in [0.2, 0.25) is 0 Å². The van der Waals surface area contributed by atoms with Gasteiger partial charge in [0.05, 0.1) is 0 Å². The van der Waals surface area contributed by atoms with E-state index >= 15 is 0 Å². The monoisotopic (exact) mass is 221 g/mol. The second-order valence-corrected chi connectivity index (χ2v) is 4.74. The fourth-order valence-corrected chi connectivity index (χ4v) is 2.16. The van der Waals surface area contributed by atoms with Crippen molar-refractivity contribution in [3.63, 3.8) is 0 Å². The van der Waals surface area contributed by atoms with Crippen LogP contribution in [-0.2, 0) is 6.42 Å². The number of aromatic hydroxyl groups is 1. The topological polar surface area (TPSA) is 23.5 Å². The molecule has 0 bridgehead atoms. The highest BCUT2D eigenvalue weighted by Gasteiger charge is 2.07. The summed E-state index contributed by atoms with van der Waals surface area (Å²) in [6.45, 7) is 6.74. The van der Waals surface area contributed by atoms with Crippen LogP contribution in [0.25, 0.3) is 0 Å². The summed E-state index contributed by atoms with van der Waals surface area (Å²) in [6.07, 6.45) is 2.23. The zero-order valence-electron chi connectivity index (χ0n) is 10.6. The van der Waals surface area contributed by atoms with E-state index in [0.717, 1.165) is 19.5 Å². The molecule has 0 saturated carbocycles. The number of benzene rings is 1. The molecule has 0 radical (unpaired) electrons. The predicted octanol–water partition coefficient (Wildman–Crippen LogP) is 2.91. The summed E-state index contributed by atoms with van der Waals surface area (Å²) in [5.41, 5.74) is 1.22. The molecule has 0 amide bonds. The molecule has 1 aromatic carbocycles. The van der Waals surface area contributed by atoms with Crippen LogP contribution in [0.15, 0.2) is 24.3 Å². The van der Waals surface area contributed by atoms with Gasteiger partial charge in [-0.25, -0.2) is 0 Å². The molecule has 1 atom stereocenters. The number of phenols is 1. The molecule has 1 rings (SSSR count). The Labute approximate surface area is 98.9 Å². The van der Waals surface area contributed by atoms with Gasteiger partial charge in [-0.15, -0.1) is 0 Å². The molecule has 0 fully saturated rings. The van der Waals surface area contributed by atoms with Gasteiger partial charge in [-0.1, -0.05) is 26.0 Å². The molecule has 1 N–H and O–H groups in total. The van der Waals surface area contributed by atoms with Crippen molar-refractivity contribution in [2.24, 2.45) is 5.92 Å². The van der Waals surface area contributed by atoms with Crippen LogP contribution in [0.3, 0.4) is 0 Å². The maximum atomic E-state index is 9.38. The summed E-state index contributed by atoms with van der Waals surface area (Å²) in [5, 5.41) is 9.38. The van der Waals surface area contributed by atoms with Gasteiger partial charge in [0, 0.05) is 6.54 Å². The van der Waals surface area contributed by atoms with Crippen molar-refractivity contribution < 1.29 is 5.11 Å². The Hall–Kier alpha value is -1.02. The summed E-state index contributed by atoms with van der Waals surface area (Å²) in [5.74, 6) is 0.991. The van der Waals surface area contributed by atoms with E-state index in [1.807, 2.05) is 12.1 Å². The van der Waals surface area contributed by atoms with Gasteiger partial charge in [-0.05, 0) is 50.0 Å². The first kappa shape index (κ1) is 13.0. The molecule has 0 heterocycles. The molecule has 2 nitrogen and oxygen atoms in total. The van der Waals surface area contributed by atoms with Crippen LogP contribution in [-0.4, -0.2) is 30.1 Å². The van der Waals surface area contributed by atoms with E-state index in [2.05, 4.69) is 31.9 Å². The van der Waals surface area contributed by atoms with Gasteiger partial charge in [0.2, 0.25) is 0 Å². The Kier molecular flexibility index (Phi) is 5.33. The molecule has 16 heavy (non-hydrogen) atoms. The first-order chi connectivity index (χ1) is 7.61. The van der Waals surface area contributed by atoms with Gasteiger partial charge < -0.3 is 10.0 Å². The zero-order chi connectivity index (χ0) is 12.0. The molecular formula is C14H23NO. The molecule has 2 heteroatoms. The molecular weight excluding hydrogens is 198 g/mol. The van der Waals surface area contributed by atoms with E-state index in [1.165, 1.54) is 12.0 Å². The number of nitrogens with zero attached hydrogens (tertiary/aromatic N) is 1. The van der Waals surface area contributed by atoms with E-state index in [4.69, 9.17) is 0 Å². The van der Waals surface area contributed by atoms with Crippen molar-refractivity contribution in [3.05, 3.63) is 29.8 Å². The maximum Gasteiger partial charge on any atom is 0.115 e.